The van der Waals surface area contributed by atoms with Crippen molar-refractivity contribution in [3.63, 3.8) is 0 Å². The normalized spacial score (nSPS) is 16.3. The summed E-state index contributed by atoms with van der Waals surface area (Å²) in [7, 11) is -1.28. The molecule has 0 bridgehead atoms. The van der Waals surface area contributed by atoms with Crippen LogP contribution in [0, 0.1) is 0 Å². The van der Waals surface area contributed by atoms with E-state index in [9.17, 15) is 8.42 Å². The van der Waals surface area contributed by atoms with Gasteiger partial charge in [-0.3, -0.25) is 9.89 Å². The lowest BCUT2D eigenvalue weighted by atomic mass is 10.1. The Balaban J connectivity index is 1.75. The minimum atomic E-state index is -2.96. The zero-order chi connectivity index (χ0) is 17.4. The largest absolute Gasteiger partial charge is 0.355 e. The number of benzene rings is 1. The number of sulfone groups is 1. The predicted octanol–water partition coefficient (Wildman–Crippen LogP) is 0.992. The molecule has 1 fully saturated rings. The molecule has 2 N–H and O–H groups in total. The van der Waals surface area contributed by atoms with Crippen molar-refractivity contribution in [2.45, 2.75) is 25.9 Å². The summed E-state index contributed by atoms with van der Waals surface area (Å²) in [6.07, 6.45) is 3.86. The number of nitrogens with zero attached hydrogens (tertiary/aromatic N) is 2. The van der Waals surface area contributed by atoms with Crippen molar-refractivity contribution in [1.29, 1.82) is 0 Å². The van der Waals surface area contributed by atoms with Crippen LogP contribution in [0.2, 0.25) is 0 Å². The average Bonchev–Trinajstić information content (AvgIpc) is 3.04. The van der Waals surface area contributed by atoms with Crippen LogP contribution in [0.4, 0.5) is 0 Å². The monoisotopic (exact) mass is 352 g/mol. The van der Waals surface area contributed by atoms with E-state index in [0.29, 0.717) is 19.0 Å². The molecule has 0 saturated carbocycles. The first-order valence-corrected chi connectivity index (χ1v) is 10.4. The van der Waals surface area contributed by atoms with Gasteiger partial charge in [0.1, 0.15) is 9.84 Å². The Morgan fingerprint density at radius 1 is 1.12 bits per heavy atom. The van der Waals surface area contributed by atoms with Crippen LogP contribution in [0.3, 0.4) is 0 Å². The molecule has 1 aliphatic heterocycles. The van der Waals surface area contributed by atoms with Gasteiger partial charge < -0.3 is 10.6 Å². The summed E-state index contributed by atoms with van der Waals surface area (Å²) in [5.74, 6) is 0.707. The molecule has 134 valence electrons. The Hall–Kier alpha value is -1.60. The van der Waals surface area contributed by atoms with Crippen molar-refractivity contribution in [3.8, 4) is 0 Å². The molecule has 0 spiro atoms. The van der Waals surface area contributed by atoms with Gasteiger partial charge in [-0.05, 0) is 37.1 Å². The molecule has 0 radical (unpaired) electrons. The predicted molar refractivity (Wildman–Crippen MR) is 98.9 cm³/mol. The van der Waals surface area contributed by atoms with Gasteiger partial charge in [-0.15, -0.1) is 0 Å². The topological polar surface area (TPSA) is 73.8 Å². The highest BCUT2D eigenvalue weighted by atomic mass is 32.2. The van der Waals surface area contributed by atoms with E-state index >= 15 is 0 Å². The van der Waals surface area contributed by atoms with Gasteiger partial charge in [0.2, 0.25) is 0 Å². The van der Waals surface area contributed by atoms with E-state index in [1.807, 2.05) is 0 Å². The molecular formula is C17H28N4O2S. The Kier molecular flexibility index (Phi) is 7.05. The van der Waals surface area contributed by atoms with E-state index in [4.69, 9.17) is 0 Å². The van der Waals surface area contributed by atoms with Gasteiger partial charge >= 0.3 is 0 Å². The van der Waals surface area contributed by atoms with E-state index in [-0.39, 0.29) is 5.75 Å². The number of likely N-dealkylation sites (tertiary alicyclic amines) is 1. The molecule has 0 atom stereocenters. The third-order valence-corrected chi connectivity index (χ3v) is 5.02. The lowest BCUT2D eigenvalue weighted by Gasteiger charge is -2.15. The van der Waals surface area contributed by atoms with Crippen molar-refractivity contribution in [2.75, 3.05) is 38.7 Å². The van der Waals surface area contributed by atoms with Crippen molar-refractivity contribution in [3.05, 3.63) is 35.4 Å². The van der Waals surface area contributed by atoms with Gasteiger partial charge in [-0.2, -0.15) is 0 Å². The molecule has 0 aromatic heterocycles. The Labute approximate surface area is 145 Å². The summed E-state index contributed by atoms with van der Waals surface area (Å²) in [5, 5.41) is 6.21. The second kappa shape index (κ2) is 9.03. The number of hydrogen-bond acceptors (Lipinski definition) is 4. The fourth-order valence-corrected chi connectivity index (χ4v) is 3.20. The van der Waals surface area contributed by atoms with E-state index in [2.05, 4.69) is 44.8 Å². The average molecular weight is 353 g/mol. The van der Waals surface area contributed by atoms with Crippen molar-refractivity contribution >= 4 is 15.8 Å². The van der Waals surface area contributed by atoms with Gasteiger partial charge in [0.05, 0.1) is 5.75 Å². The van der Waals surface area contributed by atoms with Gasteiger partial charge in [0.15, 0.2) is 5.96 Å². The molecule has 7 heteroatoms. The fraction of sp³-hybridized carbons (Fsp3) is 0.588. The zero-order valence-electron chi connectivity index (χ0n) is 14.6. The fourth-order valence-electron chi connectivity index (χ4n) is 2.72. The van der Waals surface area contributed by atoms with Crippen LogP contribution in [0.15, 0.2) is 29.3 Å². The first kappa shape index (κ1) is 18.7. The summed E-state index contributed by atoms with van der Waals surface area (Å²) >= 11 is 0. The second-order valence-corrected chi connectivity index (χ2v) is 8.54. The molecule has 0 amide bonds. The lowest BCUT2D eigenvalue weighted by Crippen LogP contribution is -2.39. The number of hydrogen-bond donors (Lipinski definition) is 2. The van der Waals surface area contributed by atoms with E-state index < -0.39 is 9.84 Å². The highest BCUT2D eigenvalue weighted by Gasteiger charge is 2.11. The molecule has 1 aromatic rings. The number of rotatable bonds is 7. The SMILES string of the molecule is CN=C(NCCS(C)(=O)=O)NCc1ccc(CN2CCCC2)cc1. The highest BCUT2D eigenvalue weighted by Crippen LogP contribution is 2.13. The standard InChI is InChI=1S/C17H28N4O2S/c1-18-17(19-9-12-24(2,22)23)20-13-15-5-7-16(8-6-15)14-21-10-3-4-11-21/h5-8H,3-4,9-14H2,1-2H3,(H2,18,19,20). The molecule has 1 aliphatic rings. The van der Waals surface area contributed by atoms with Gasteiger partial charge in [-0.25, -0.2) is 8.42 Å². The first-order valence-electron chi connectivity index (χ1n) is 8.39. The summed E-state index contributed by atoms with van der Waals surface area (Å²) in [6.45, 7) is 4.45. The van der Waals surface area contributed by atoms with Gasteiger partial charge in [0.25, 0.3) is 0 Å². The maximum atomic E-state index is 11.1. The Morgan fingerprint density at radius 3 is 2.33 bits per heavy atom. The zero-order valence-corrected chi connectivity index (χ0v) is 15.4. The van der Waals surface area contributed by atoms with Crippen molar-refractivity contribution in [2.24, 2.45) is 4.99 Å². The molecular weight excluding hydrogens is 324 g/mol. The maximum Gasteiger partial charge on any atom is 0.191 e. The summed E-state index contributed by atoms with van der Waals surface area (Å²) < 4.78 is 22.3. The summed E-state index contributed by atoms with van der Waals surface area (Å²) in [5.41, 5.74) is 2.52. The Bertz CT molecular complexity index is 635. The lowest BCUT2D eigenvalue weighted by molar-refractivity contribution is 0.331. The second-order valence-electron chi connectivity index (χ2n) is 6.28. The van der Waals surface area contributed by atoms with Crippen LogP contribution in [0.1, 0.15) is 24.0 Å². The third kappa shape index (κ3) is 6.88. The third-order valence-electron chi connectivity index (χ3n) is 4.08. The number of aliphatic imine (C=N–C) groups is 1. The van der Waals surface area contributed by atoms with Crippen molar-refractivity contribution < 1.29 is 8.42 Å². The molecule has 1 saturated heterocycles. The van der Waals surface area contributed by atoms with Crippen LogP contribution >= 0.6 is 0 Å². The van der Waals surface area contributed by atoms with E-state index in [1.54, 1.807) is 7.05 Å². The maximum absolute atomic E-state index is 11.1. The molecule has 24 heavy (non-hydrogen) atoms. The van der Waals surface area contributed by atoms with Gasteiger partial charge in [-0.1, -0.05) is 24.3 Å². The van der Waals surface area contributed by atoms with Crippen LogP contribution < -0.4 is 10.6 Å². The smallest absolute Gasteiger partial charge is 0.191 e. The molecule has 1 aromatic carbocycles. The van der Waals surface area contributed by atoms with Crippen LogP contribution in [0.5, 0.6) is 0 Å². The quantitative estimate of drug-likeness (QED) is 0.566. The van der Waals surface area contributed by atoms with Crippen LogP contribution in [-0.2, 0) is 22.9 Å². The van der Waals surface area contributed by atoms with Crippen molar-refractivity contribution in [1.82, 2.24) is 15.5 Å². The van der Waals surface area contributed by atoms with E-state index in [1.165, 1.54) is 43.3 Å². The number of nitrogens with one attached hydrogen (secondary N) is 2. The summed E-state index contributed by atoms with van der Waals surface area (Å²) in [6, 6.07) is 8.61. The van der Waals surface area contributed by atoms with Crippen LogP contribution in [0.25, 0.3) is 0 Å². The molecule has 6 nitrogen and oxygen atoms in total. The van der Waals surface area contributed by atoms with E-state index in [0.717, 1.165) is 6.54 Å². The minimum absolute atomic E-state index is 0.0961. The minimum Gasteiger partial charge on any atom is -0.355 e. The Morgan fingerprint density at radius 2 is 1.75 bits per heavy atom. The molecule has 0 unspecified atom stereocenters. The summed E-state index contributed by atoms with van der Waals surface area (Å²) in [4.78, 5) is 6.59. The molecule has 2 rings (SSSR count). The number of guanidine groups is 1. The molecule has 1 heterocycles. The van der Waals surface area contributed by atoms with Gasteiger partial charge in [0, 0.05) is 32.9 Å². The first-order chi connectivity index (χ1) is 11.5. The highest BCUT2D eigenvalue weighted by molar-refractivity contribution is 7.90. The van der Waals surface area contributed by atoms with Crippen LogP contribution in [-0.4, -0.2) is 58.0 Å². The molecule has 0 aliphatic carbocycles.